The molecule has 0 aliphatic carbocycles. The zero-order valence-corrected chi connectivity index (χ0v) is 18.3. The highest BCUT2D eigenvalue weighted by molar-refractivity contribution is 6.46. The maximum absolute atomic E-state index is 13.5. The van der Waals surface area contributed by atoms with E-state index in [9.17, 15) is 9.59 Å². The first kappa shape index (κ1) is 21.5. The van der Waals surface area contributed by atoms with Gasteiger partial charge in [-0.1, -0.05) is 35.9 Å². The Morgan fingerprint density at radius 2 is 1.62 bits per heavy atom. The predicted octanol–water partition coefficient (Wildman–Crippen LogP) is 5.14. The molecule has 1 N–H and O–H groups in total. The SMILES string of the molecule is CCOc1cccc(NC2=C(c3ccc(Cl)cc3)C(=O)N(c3cccc(OC)c3)C2=O)c1. The van der Waals surface area contributed by atoms with Crippen LogP contribution in [0.2, 0.25) is 5.02 Å². The number of nitrogens with one attached hydrogen (secondary N) is 1. The van der Waals surface area contributed by atoms with Crippen molar-refractivity contribution in [3.63, 3.8) is 0 Å². The minimum atomic E-state index is -0.463. The highest BCUT2D eigenvalue weighted by Crippen LogP contribution is 2.35. The van der Waals surface area contributed by atoms with Crippen molar-refractivity contribution < 1.29 is 19.1 Å². The molecule has 0 unspecified atom stereocenters. The number of amides is 2. The van der Waals surface area contributed by atoms with Gasteiger partial charge in [-0.15, -0.1) is 0 Å². The van der Waals surface area contributed by atoms with Gasteiger partial charge in [0, 0.05) is 22.8 Å². The zero-order valence-electron chi connectivity index (χ0n) is 17.6. The lowest BCUT2D eigenvalue weighted by Gasteiger charge is -2.16. The van der Waals surface area contributed by atoms with E-state index < -0.39 is 11.8 Å². The molecule has 2 amide bonds. The third kappa shape index (κ3) is 4.18. The Labute approximate surface area is 191 Å². The van der Waals surface area contributed by atoms with Gasteiger partial charge >= 0.3 is 0 Å². The molecule has 1 aliphatic heterocycles. The quantitative estimate of drug-likeness (QED) is 0.506. The highest BCUT2D eigenvalue weighted by Gasteiger charge is 2.40. The van der Waals surface area contributed by atoms with Gasteiger partial charge in [0.05, 0.1) is 25.0 Å². The van der Waals surface area contributed by atoms with Gasteiger partial charge < -0.3 is 14.8 Å². The van der Waals surface area contributed by atoms with E-state index in [0.717, 1.165) is 4.90 Å². The van der Waals surface area contributed by atoms with Crippen molar-refractivity contribution in [3.05, 3.63) is 89.1 Å². The highest BCUT2D eigenvalue weighted by atomic mass is 35.5. The number of imide groups is 1. The van der Waals surface area contributed by atoms with Crippen molar-refractivity contribution in [2.24, 2.45) is 0 Å². The van der Waals surface area contributed by atoms with Gasteiger partial charge in [-0.2, -0.15) is 0 Å². The normalized spacial score (nSPS) is 13.5. The second kappa shape index (κ2) is 9.16. The molecule has 3 aromatic carbocycles. The van der Waals surface area contributed by atoms with Crippen LogP contribution in [0.25, 0.3) is 5.57 Å². The smallest absolute Gasteiger partial charge is 0.282 e. The zero-order chi connectivity index (χ0) is 22.7. The second-order valence-corrected chi connectivity index (χ2v) is 7.43. The van der Waals surface area contributed by atoms with E-state index >= 15 is 0 Å². The molecule has 0 saturated carbocycles. The number of rotatable bonds is 7. The lowest BCUT2D eigenvalue weighted by molar-refractivity contribution is -0.120. The number of ether oxygens (including phenoxy) is 2. The first-order valence-electron chi connectivity index (χ1n) is 10.0. The van der Waals surface area contributed by atoms with Gasteiger partial charge in [-0.3, -0.25) is 9.59 Å². The molecule has 3 aromatic rings. The summed E-state index contributed by atoms with van der Waals surface area (Å²) in [5, 5.41) is 3.67. The molecule has 0 bridgehead atoms. The van der Waals surface area contributed by atoms with E-state index in [2.05, 4.69) is 5.32 Å². The average molecular weight is 449 g/mol. The van der Waals surface area contributed by atoms with Crippen LogP contribution in [0.4, 0.5) is 11.4 Å². The van der Waals surface area contributed by atoms with Gasteiger partial charge in [0.2, 0.25) is 0 Å². The molecular formula is C25H21ClN2O4. The van der Waals surface area contributed by atoms with E-state index in [1.807, 2.05) is 19.1 Å². The number of carbonyl (C=O) groups excluding carboxylic acids is 2. The number of anilines is 2. The van der Waals surface area contributed by atoms with E-state index in [4.69, 9.17) is 21.1 Å². The van der Waals surface area contributed by atoms with Crippen LogP contribution in [0.5, 0.6) is 11.5 Å². The monoisotopic (exact) mass is 448 g/mol. The first-order chi connectivity index (χ1) is 15.5. The minimum Gasteiger partial charge on any atom is -0.497 e. The fourth-order valence-corrected chi connectivity index (χ4v) is 3.61. The molecule has 162 valence electrons. The molecular weight excluding hydrogens is 428 g/mol. The topological polar surface area (TPSA) is 67.9 Å². The summed E-state index contributed by atoms with van der Waals surface area (Å²) in [6.07, 6.45) is 0. The standard InChI is InChI=1S/C25H21ClN2O4/c1-3-32-21-9-4-6-18(14-21)27-23-22(16-10-12-17(26)13-11-16)24(29)28(25(23)30)19-7-5-8-20(15-19)31-2/h4-15,27H,3H2,1-2H3. The van der Waals surface area contributed by atoms with Crippen LogP contribution in [-0.4, -0.2) is 25.5 Å². The van der Waals surface area contributed by atoms with Gasteiger partial charge in [-0.05, 0) is 48.9 Å². The Bertz CT molecular complexity index is 1200. The summed E-state index contributed by atoms with van der Waals surface area (Å²) in [5.41, 5.74) is 2.07. The Balaban J connectivity index is 1.79. The first-order valence-corrected chi connectivity index (χ1v) is 10.4. The largest absolute Gasteiger partial charge is 0.497 e. The molecule has 0 saturated heterocycles. The van der Waals surface area contributed by atoms with Crippen molar-refractivity contribution in [3.8, 4) is 11.5 Å². The summed E-state index contributed by atoms with van der Waals surface area (Å²) in [5.74, 6) is 0.304. The van der Waals surface area contributed by atoms with Crippen LogP contribution in [0.3, 0.4) is 0 Å². The number of hydrogen-bond donors (Lipinski definition) is 1. The van der Waals surface area contributed by atoms with Crippen LogP contribution in [0.1, 0.15) is 12.5 Å². The summed E-state index contributed by atoms with van der Waals surface area (Å²) < 4.78 is 10.8. The summed E-state index contributed by atoms with van der Waals surface area (Å²) >= 11 is 6.03. The van der Waals surface area contributed by atoms with Crippen molar-refractivity contribution in [2.45, 2.75) is 6.92 Å². The van der Waals surface area contributed by atoms with Gasteiger partial charge in [0.1, 0.15) is 17.2 Å². The summed E-state index contributed by atoms with van der Waals surface area (Å²) in [6.45, 7) is 2.41. The molecule has 6 nitrogen and oxygen atoms in total. The van der Waals surface area contributed by atoms with Crippen molar-refractivity contribution >= 4 is 40.4 Å². The Morgan fingerprint density at radius 1 is 0.906 bits per heavy atom. The fourth-order valence-electron chi connectivity index (χ4n) is 3.49. The van der Waals surface area contributed by atoms with Crippen LogP contribution < -0.4 is 19.7 Å². The fraction of sp³-hybridized carbons (Fsp3) is 0.120. The van der Waals surface area contributed by atoms with Crippen LogP contribution >= 0.6 is 11.6 Å². The van der Waals surface area contributed by atoms with E-state index in [-0.39, 0.29) is 11.3 Å². The molecule has 0 atom stereocenters. The molecule has 0 aromatic heterocycles. The lowest BCUT2D eigenvalue weighted by Crippen LogP contribution is -2.32. The second-order valence-electron chi connectivity index (χ2n) is 6.99. The van der Waals surface area contributed by atoms with Gasteiger partial charge in [-0.25, -0.2) is 4.90 Å². The lowest BCUT2D eigenvalue weighted by atomic mass is 10.0. The predicted molar refractivity (Wildman–Crippen MR) is 125 cm³/mol. The van der Waals surface area contributed by atoms with Crippen molar-refractivity contribution in [1.82, 2.24) is 0 Å². The minimum absolute atomic E-state index is 0.175. The molecule has 32 heavy (non-hydrogen) atoms. The number of hydrogen-bond acceptors (Lipinski definition) is 5. The van der Waals surface area contributed by atoms with Gasteiger partial charge in [0.25, 0.3) is 11.8 Å². The van der Waals surface area contributed by atoms with Gasteiger partial charge in [0.15, 0.2) is 0 Å². The number of benzene rings is 3. The molecule has 4 rings (SSSR count). The average Bonchev–Trinajstić information content (AvgIpc) is 3.04. The van der Waals surface area contributed by atoms with E-state index in [0.29, 0.717) is 40.1 Å². The van der Waals surface area contributed by atoms with Crippen LogP contribution in [0.15, 0.2) is 78.5 Å². The van der Waals surface area contributed by atoms with E-state index in [1.54, 1.807) is 60.7 Å². The Hall–Kier alpha value is -3.77. The van der Waals surface area contributed by atoms with Crippen LogP contribution in [-0.2, 0) is 9.59 Å². The third-order valence-electron chi connectivity index (χ3n) is 4.94. The maximum atomic E-state index is 13.5. The number of methoxy groups -OCH3 is 1. The van der Waals surface area contributed by atoms with Crippen LogP contribution in [0, 0.1) is 0 Å². The van der Waals surface area contributed by atoms with Crippen molar-refractivity contribution in [1.29, 1.82) is 0 Å². The Morgan fingerprint density at radius 3 is 2.34 bits per heavy atom. The number of carbonyl (C=O) groups is 2. The molecule has 1 heterocycles. The number of nitrogens with zero attached hydrogens (tertiary/aromatic N) is 1. The summed E-state index contributed by atoms with van der Waals surface area (Å²) in [6, 6.07) is 20.9. The maximum Gasteiger partial charge on any atom is 0.282 e. The molecule has 1 aliphatic rings. The third-order valence-corrected chi connectivity index (χ3v) is 5.19. The Kier molecular flexibility index (Phi) is 6.14. The number of halogens is 1. The summed E-state index contributed by atoms with van der Waals surface area (Å²) in [7, 11) is 1.53. The molecule has 0 fully saturated rings. The molecule has 0 radical (unpaired) electrons. The van der Waals surface area contributed by atoms with E-state index in [1.165, 1.54) is 7.11 Å². The van der Waals surface area contributed by atoms with Crippen molar-refractivity contribution in [2.75, 3.05) is 23.9 Å². The molecule has 0 spiro atoms. The summed E-state index contributed by atoms with van der Waals surface area (Å²) in [4.78, 5) is 28.1. The molecule has 7 heteroatoms.